The molecule has 1 saturated heterocycles. The van der Waals surface area contributed by atoms with Gasteiger partial charge in [0.2, 0.25) is 5.91 Å². The van der Waals surface area contributed by atoms with E-state index in [2.05, 4.69) is 15.1 Å². The van der Waals surface area contributed by atoms with Crippen LogP contribution >= 0.6 is 0 Å². The Morgan fingerprint density at radius 3 is 2.74 bits per heavy atom. The Bertz CT molecular complexity index is 602. The highest BCUT2D eigenvalue weighted by Gasteiger charge is 2.47. The summed E-state index contributed by atoms with van der Waals surface area (Å²) in [5, 5.41) is 2.92. The average Bonchev–Trinajstić information content (AvgIpc) is 3.09. The van der Waals surface area contributed by atoms with Crippen molar-refractivity contribution < 1.29 is 13.6 Å². The lowest BCUT2D eigenvalue weighted by molar-refractivity contribution is -0.123. The zero-order valence-corrected chi connectivity index (χ0v) is 13.6. The van der Waals surface area contributed by atoms with Crippen LogP contribution in [0.15, 0.2) is 18.2 Å². The first-order valence-corrected chi connectivity index (χ1v) is 8.05. The summed E-state index contributed by atoms with van der Waals surface area (Å²) in [6.45, 7) is 2.06. The molecule has 126 valence electrons. The molecule has 0 aromatic heterocycles. The van der Waals surface area contributed by atoms with Gasteiger partial charge < -0.3 is 10.2 Å². The summed E-state index contributed by atoms with van der Waals surface area (Å²) in [5.74, 6) is -1.06. The van der Waals surface area contributed by atoms with Crippen LogP contribution in [-0.2, 0) is 10.3 Å². The molecule has 1 aliphatic carbocycles. The number of likely N-dealkylation sites (N-methyl/N-ethyl adjacent to an activating group) is 1. The molecule has 4 nitrogen and oxygen atoms in total. The highest BCUT2D eigenvalue weighted by atomic mass is 19.1. The molecular weight excluding hydrogens is 300 g/mol. The number of carbonyl (C=O) groups excluding carboxylic acids is 1. The van der Waals surface area contributed by atoms with Crippen molar-refractivity contribution in [3.63, 3.8) is 0 Å². The standard InChI is InChI=1S/C17H23F2N3O/c1-21(2)13-5-8-22(10-13)11-16(23)20-17(6-7-17)14-9-12(18)3-4-15(14)19/h3-4,9,13H,5-8,10-11H2,1-2H3,(H,20,23)/t13-/m1/s1. The minimum Gasteiger partial charge on any atom is -0.345 e. The number of benzene rings is 1. The van der Waals surface area contributed by atoms with Crippen LogP contribution in [0.3, 0.4) is 0 Å². The van der Waals surface area contributed by atoms with E-state index in [0.29, 0.717) is 25.4 Å². The Morgan fingerprint density at radius 2 is 2.13 bits per heavy atom. The summed E-state index contributed by atoms with van der Waals surface area (Å²) >= 11 is 0. The molecule has 1 aromatic rings. The Kier molecular flexibility index (Phi) is 4.38. The average molecular weight is 323 g/mol. The second kappa shape index (κ2) is 6.17. The largest absolute Gasteiger partial charge is 0.345 e. The van der Waals surface area contributed by atoms with E-state index in [0.717, 1.165) is 31.6 Å². The molecule has 3 rings (SSSR count). The lowest BCUT2D eigenvalue weighted by Gasteiger charge is -2.22. The third kappa shape index (κ3) is 3.53. The maximum absolute atomic E-state index is 14.0. The van der Waals surface area contributed by atoms with Crippen LogP contribution in [-0.4, -0.2) is 55.5 Å². The first-order chi connectivity index (χ1) is 10.9. The molecule has 1 amide bonds. The molecule has 0 unspecified atom stereocenters. The van der Waals surface area contributed by atoms with Crippen LogP contribution in [0, 0.1) is 11.6 Å². The lowest BCUT2D eigenvalue weighted by Crippen LogP contribution is -2.42. The van der Waals surface area contributed by atoms with Crippen molar-refractivity contribution in [2.75, 3.05) is 33.7 Å². The Morgan fingerprint density at radius 1 is 1.39 bits per heavy atom. The van der Waals surface area contributed by atoms with Gasteiger partial charge in [-0.15, -0.1) is 0 Å². The van der Waals surface area contributed by atoms with Crippen LogP contribution in [0.1, 0.15) is 24.8 Å². The molecule has 1 aliphatic heterocycles. The van der Waals surface area contributed by atoms with Crippen LogP contribution < -0.4 is 5.32 Å². The van der Waals surface area contributed by atoms with E-state index in [1.807, 2.05) is 14.1 Å². The number of hydrogen-bond acceptors (Lipinski definition) is 3. The number of amides is 1. The number of nitrogens with one attached hydrogen (secondary N) is 1. The molecule has 2 fully saturated rings. The van der Waals surface area contributed by atoms with Crippen LogP contribution in [0.4, 0.5) is 8.78 Å². The quantitative estimate of drug-likeness (QED) is 0.896. The summed E-state index contributed by atoms with van der Waals surface area (Å²) in [4.78, 5) is 16.6. The predicted molar refractivity (Wildman–Crippen MR) is 83.9 cm³/mol. The van der Waals surface area contributed by atoms with Crippen molar-refractivity contribution in [1.82, 2.24) is 15.1 Å². The third-order valence-corrected chi connectivity index (χ3v) is 4.92. The second-order valence-electron chi connectivity index (χ2n) is 6.90. The molecule has 1 N–H and O–H groups in total. The lowest BCUT2D eigenvalue weighted by atomic mass is 10.0. The van der Waals surface area contributed by atoms with E-state index in [1.165, 1.54) is 6.07 Å². The third-order valence-electron chi connectivity index (χ3n) is 4.92. The van der Waals surface area contributed by atoms with E-state index in [4.69, 9.17) is 0 Å². The summed E-state index contributed by atoms with van der Waals surface area (Å²) in [6.07, 6.45) is 2.35. The van der Waals surface area contributed by atoms with E-state index in [9.17, 15) is 13.6 Å². The first-order valence-electron chi connectivity index (χ1n) is 8.05. The van der Waals surface area contributed by atoms with Gasteiger partial charge in [0.1, 0.15) is 11.6 Å². The highest BCUT2D eigenvalue weighted by Crippen LogP contribution is 2.46. The summed E-state index contributed by atoms with van der Waals surface area (Å²) in [7, 11) is 4.08. The fourth-order valence-corrected chi connectivity index (χ4v) is 3.34. The molecule has 0 radical (unpaired) electrons. The molecule has 0 spiro atoms. The molecular formula is C17H23F2N3O. The molecule has 1 atom stereocenters. The van der Waals surface area contributed by atoms with Gasteiger partial charge in [-0.2, -0.15) is 0 Å². The number of rotatable bonds is 5. The molecule has 1 heterocycles. The van der Waals surface area contributed by atoms with E-state index < -0.39 is 17.2 Å². The zero-order valence-electron chi connectivity index (χ0n) is 13.6. The normalized spacial score (nSPS) is 23.3. The maximum atomic E-state index is 14.0. The molecule has 0 bridgehead atoms. The SMILES string of the molecule is CN(C)[C@@H]1CCN(CC(=O)NC2(c3cc(F)ccc3F)CC2)C1. The molecule has 23 heavy (non-hydrogen) atoms. The molecule has 1 saturated carbocycles. The summed E-state index contributed by atoms with van der Waals surface area (Å²) in [5.41, 5.74) is -0.456. The molecule has 6 heteroatoms. The van der Waals surface area contributed by atoms with Gasteiger partial charge in [-0.25, -0.2) is 8.78 Å². The van der Waals surface area contributed by atoms with Crippen molar-refractivity contribution in [3.8, 4) is 0 Å². The van der Waals surface area contributed by atoms with E-state index in [1.54, 1.807) is 0 Å². The minimum atomic E-state index is -0.718. The van der Waals surface area contributed by atoms with Gasteiger partial charge >= 0.3 is 0 Å². The van der Waals surface area contributed by atoms with Crippen LogP contribution in [0.2, 0.25) is 0 Å². The number of likely N-dealkylation sites (tertiary alicyclic amines) is 1. The number of nitrogens with zero attached hydrogens (tertiary/aromatic N) is 2. The van der Waals surface area contributed by atoms with Gasteiger partial charge in [0.15, 0.2) is 0 Å². The topological polar surface area (TPSA) is 35.6 Å². The minimum absolute atomic E-state index is 0.120. The Labute approximate surface area is 135 Å². The second-order valence-corrected chi connectivity index (χ2v) is 6.90. The van der Waals surface area contributed by atoms with Gasteiger partial charge in [0, 0.05) is 24.7 Å². The van der Waals surface area contributed by atoms with Crippen molar-refractivity contribution in [2.24, 2.45) is 0 Å². The monoisotopic (exact) mass is 323 g/mol. The van der Waals surface area contributed by atoms with Gasteiger partial charge in [-0.05, 0) is 51.6 Å². The summed E-state index contributed by atoms with van der Waals surface area (Å²) in [6, 6.07) is 3.89. The number of carbonyl (C=O) groups is 1. The Balaban J connectivity index is 1.61. The smallest absolute Gasteiger partial charge is 0.234 e. The van der Waals surface area contributed by atoms with Crippen molar-refractivity contribution in [1.29, 1.82) is 0 Å². The zero-order chi connectivity index (χ0) is 16.6. The maximum Gasteiger partial charge on any atom is 0.234 e. The van der Waals surface area contributed by atoms with Gasteiger partial charge in [0.05, 0.1) is 12.1 Å². The van der Waals surface area contributed by atoms with Gasteiger partial charge in [-0.1, -0.05) is 0 Å². The van der Waals surface area contributed by atoms with Gasteiger partial charge in [-0.3, -0.25) is 9.69 Å². The highest BCUT2D eigenvalue weighted by molar-refractivity contribution is 5.79. The van der Waals surface area contributed by atoms with Crippen molar-refractivity contribution in [2.45, 2.75) is 30.8 Å². The molecule has 1 aromatic carbocycles. The van der Waals surface area contributed by atoms with Crippen molar-refractivity contribution >= 4 is 5.91 Å². The number of halogens is 2. The summed E-state index contributed by atoms with van der Waals surface area (Å²) < 4.78 is 27.4. The van der Waals surface area contributed by atoms with Gasteiger partial charge in [0.25, 0.3) is 0 Å². The fourth-order valence-electron chi connectivity index (χ4n) is 3.34. The fraction of sp³-hybridized carbons (Fsp3) is 0.588. The van der Waals surface area contributed by atoms with Crippen molar-refractivity contribution in [3.05, 3.63) is 35.4 Å². The predicted octanol–water partition coefficient (Wildman–Crippen LogP) is 1.71. The van der Waals surface area contributed by atoms with Crippen LogP contribution in [0.5, 0.6) is 0 Å². The van der Waals surface area contributed by atoms with Crippen LogP contribution in [0.25, 0.3) is 0 Å². The van der Waals surface area contributed by atoms with E-state index in [-0.39, 0.29) is 11.5 Å². The van der Waals surface area contributed by atoms with E-state index >= 15 is 0 Å². The molecule has 2 aliphatic rings. The number of hydrogen-bond donors (Lipinski definition) is 1. The first kappa shape index (κ1) is 16.3. The Hall–Kier alpha value is -1.53.